The lowest BCUT2D eigenvalue weighted by molar-refractivity contribution is 0.0833. The molecule has 1 unspecified atom stereocenters. The van der Waals surface area contributed by atoms with Gasteiger partial charge in [-0.2, -0.15) is 5.10 Å². The van der Waals surface area contributed by atoms with Crippen molar-refractivity contribution < 1.29 is 18.3 Å². The van der Waals surface area contributed by atoms with Crippen molar-refractivity contribution in [2.75, 3.05) is 18.1 Å². The fourth-order valence-corrected chi connectivity index (χ4v) is 5.57. The van der Waals surface area contributed by atoms with Crippen LogP contribution in [-0.2, 0) is 23.6 Å². The molecule has 0 spiro atoms. The van der Waals surface area contributed by atoms with Crippen LogP contribution in [0.25, 0.3) is 0 Å². The van der Waals surface area contributed by atoms with Crippen LogP contribution in [0.2, 0.25) is 0 Å². The summed E-state index contributed by atoms with van der Waals surface area (Å²) < 4.78 is 30.3. The van der Waals surface area contributed by atoms with Crippen molar-refractivity contribution in [3.63, 3.8) is 0 Å². The van der Waals surface area contributed by atoms with Crippen molar-refractivity contribution in [1.82, 2.24) is 19.4 Å². The maximum Gasteiger partial charge on any atom is 0.263 e. The van der Waals surface area contributed by atoms with E-state index in [0.29, 0.717) is 18.2 Å². The molecule has 10 nitrogen and oxygen atoms in total. The molecule has 0 radical (unpaired) electrons. The minimum absolute atomic E-state index is 0.0432. The number of carbonyl (C=O) groups is 1. The van der Waals surface area contributed by atoms with E-state index in [4.69, 9.17) is 5.11 Å². The number of aromatic nitrogens is 2. The van der Waals surface area contributed by atoms with Gasteiger partial charge in [-0.05, 0) is 38.0 Å². The standard InChI is InChI=1S/C22H24N6O4S/c1-22(7-8-22)25-33(31,32)17-5-6-19-18(10-17)20(30)27(14-15-11-24-26(2)13-15)21-23-12-16(28(19)21)4-3-9-29/h5-6,10-11,13,16,25,29H,7-9,12,14H2,1-2H3. The van der Waals surface area contributed by atoms with Crippen LogP contribution in [0.1, 0.15) is 35.7 Å². The van der Waals surface area contributed by atoms with Gasteiger partial charge < -0.3 is 5.11 Å². The molecule has 1 atom stereocenters. The monoisotopic (exact) mass is 468 g/mol. The second kappa shape index (κ2) is 7.69. The van der Waals surface area contributed by atoms with E-state index in [2.05, 4.69) is 26.7 Å². The quantitative estimate of drug-likeness (QED) is 0.615. The van der Waals surface area contributed by atoms with E-state index in [9.17, 15) is 13.2 Å². The zero-order chi connectivity index (χ0) is 23.4. The van der Waals surface area contributed by atoms with Crippen molar-refractivity contribution in [3.05, 3.63) is 41.7 Å². The number of aliphatic imine (C=N–C) groups is 1. The molecule has 33 heavy (non-hydrogen) atoms. The highest BCUT2D eigenvalue weighted by Crippen LogP contribution is 2.38. The molecule has 2 aromatic rings. The predicted molar refractivity (Wildman–Crippen MR) is 121 cm³/mol. The summed E-state index contributed by atoms with van der Waals surface area (Å²) in [5.41, 5.74) is 1.20. The number of nitrogens with zero attached hydrogens (tertiary/aromatic N) is 5. The fraction of sp³-hybridized carbons (Fsp3) is 0.409. The SMILES string of the molecule is Cn1cc(CN2C(=O)c3cc(S(=O)(=O)NC4(C)CC4)ccc3N3C2=NCC3C#CCO)cn1. The normalized spacial score (nSPS) is 20.6. The average molecular weight is 469 g/mol. The number of nitrogens with one attached hydrogen (secondary N) is 1. The lowest BCUT2D eigenvalue weighted by Crippen LogP contribution is -2.52. The van der Waals surface area contributed by atoms with E-state index in [-0.39, 0.29) is 35.6 Å². The van der Waals surface area contributed by atoms with Gasteiger partial charge in [-0.25, -0.2) is 18.1 Å². The number of fused-ring (bicyclic) bond motifs is 3. The second-order valence-electron chi connectivity index (χ2n) is 8.76. The van der Waals surface area contributed by atoms with E-state index in [1.807, 2.05) is 18.0 Å². The van der Waals surface area contributed by atoms with Crippen LogP contribution in [0.3, 0.4) is 0 Å². The van der Waals surface area contributed by atoms with Crippen molar-refractivity contribution >= 4 is 27.6 Å². The topological polar surface area (TPSA) is 120 Å². The van der Waals surface area contributed by atoms with Crippen LogP contribution in [-0.4, -0.2) is 64.8 Å². The van der Waals surface area contributed by atoms with Crippen LogP contribution < -0.4 is 9.62 Å². The van der Waals surface area contributed by atoms with Gasteiger partial charge >= 0.3 is 0 Å². The molecule has 1 amide bonds. The largest absolute Gasteiger partial charge is 0.384 e. The molecule has 1 aromatic heterocycles. The predicted octanol–water partition coefficient (Wildman–Crippen LogP) is 0.447. The number of anilines is 1. The Morgan fingerprint density at radius 2 is 2.12 bits per heavy atom. The first-order valence-corrected chi connectivity index (χ1v) is 12.1. The van der Waals surface area contributed by atoms with Crippen LogP contribution in [0.15, 0.2) is 40.5 Å². The third-order valence-electron chi connectivity index (χ3n) is 6.02. The molecule has 0 bridgehead atoms. The Balaban J connectivity index is 1.57. The Labute approximate surface area is 192 Å². The van der Waals surface area contributed by atoms with Gasteiger partial charge in [-0.1, -0.05) is 11.8 Å². The highest BCUT2D eigenvalue weighted by Gasteiger charge is 2.44. The summed E-state index contributed by atoms with van der Waals surface area (Å²) in [5, 5.41) is 13.3. The molecule has 1 aliphatic carbocycles. The number of benzene rings is 1. The Morgan fingerprint density at radius 1 is 1.33 bits per heavy atom. The third-order valence-corrected chi connectivity index (χ3v) is 7.65. The molecule has 11 heteroatoms. The highest BCUT2D eigenvalue weighted by molar-refractivity contribution is 7.89. The number of guanidine groups is 1. The molecular weight excluding hydrogens is 444 g/mol. The van der Waals surface area contributed by atoms with E-state index in [1.54, 1.807) is 24.0 Å². The number of sulfonamides is 1. The third kappa shape index (κ3) is 3.90. The number of aliphatic hydroxyl groups excluding tert-OH is 1. The summed E-state index contributed by atoms with van der Waals surface area (Å²) >= 11 is 0. The van der Waals surface area contributed by atoms with Gasteiger partial charge in [0.1, 0.15) is 12.6 Å². The van der Waals surface area contributed by atoms with Gasteiger partial charge in [-0.15, -0.1) is 0 Å². The van der Waals surface area contributed by atoms with Crippen molar-refractivity contribution in [3.8, 4) is 11.8 Å². The maximum absolute atomic E-state index is 13.6. The van der Waals surface area contributed by atoms with Crippen LogP contribution >= 0.6 is 0 Å². The zero-order valence-corrected chi connectivity index (χ0v) is 19.1. The second-order valence-corrected chi connectivity index (χ2v) is 10.4. The molecule has 1 aromatic carbocycles. The zero-order valence-electron chi connectivity index (χ0n) is 18.3. The van der Waals surface area contributed by atoms with Gasteiger partial charge in [0.05, 0.1) is 35.4 Å². The summed E-state index contributed by atoms with van der Waals surface area (Å²) in [4.78, 5) is 21.5. The smallest absolute Gasteiger partial charge is 0.263 e. The molecule has 172 valence electrons. The number of amides is 1. The lowest BCUT2D eigenvalue weighted by atomic mass is 10.1. The van der Waals surface area contributed by atoms with Gasteiger partial charge in [0.15, 0.2) is 0 Å². The van der Waals surface area contributed by atoms with Gasteiger partial charge in [-0.3, -0.25) is 19.3 Å². The summed E-state index contributed by atoms with van der Waals surface area (Å²) in [5.74, 6) is 5.77. The first kappa shape index (κ1) is 21.6. The summed E-state index contributed by atoms with van der Waals surface area (Å²) in [6.07, 6.45) is 5.06. The van der Waals surface area contributed by atoms with Gasteiger partial charge in [0.25, 0.3) is 5.91 Å². The maximum atomic E-state index is 13.6. The number of hydrogen-bond donors (Lipinski definition) is 2. The number of aryl methyl sites for hydroxylation is 1. The van der Waals surface area contributed by atoms with Crippen molar-refractivity contribution in [2.24, 2.45) is 12.0 Å². The Bertz CT molecular complexity index is 1330. The molecule has 1 saturated carbocycles. The lowest BCUT2D eigenvalue weighted by Gasteiger charge is -2.37. The molecule has 3 aliphatic rings. The minimum Gasteiger partial charge on any atom is -0.384 e. The van der Waals surface area contributed by atoms with Crippen molar-refractivity contribution in [2.45, 2.75) is 42.8 Å². The Hall–Kier alpha value is -3.20. The molecule has 3 heterocycles. The molecule has 2 N–H and O–H groups in total. The first-order chi connectivity index (χ1) is 15.7. The molecule has 5 rings (SSSR count). The summed E-state index contributed by atoms with van der Waals surface area (Å²) in [6.45, 7) is 2.14. The van der Waals surface area contributed by atoms with Crippen LogP contribution in [0.5, 0.6) is 0 Å². The number of hydrogen-bond acceptors (Lipinski definition) is 7. The van der Waals surface area contributed by atoms with E-state index in [0.717, 1.165) is 18.4 Å². The molecule has 1 fully saturated rings. The molecule has 2 aliphatic heterocycles. The molecule has 0 saturated heterocycles. The summed E-state index contributed by atoms with van der Waals surface area (Å²) in [6, 6.07) is 4.19. The fourth-order valence-electron chi connectivity index (χ4n) is 4.08. The average Bonchev–Trinajstić information content (AvgIpc) is 3.15. The van der Waals surface area contributed by atoms with E-state index >= 15 is 0 Å². The number of aliphatic hydroxyl groups is 1. The molecular formula is C22H24N6O4S. The first-order valence-electron chi connectivity index (χ1n) is 10.6. The Morgan fingerprint density at radius 3 is 2.79 bits per heavy atom. The number of rotatable bonds is 5. The highest BCUT2D eigenvalue weighted by atomic mass is 32.2. The van der Waals surface area contributed by atoms with Crippen molar-refractivity contribution in [1.29, 1.82) is 0 Å². The Kier molecular flexibility index (Phi) is 5.04. The van der Waals surface area contributed by atoms with Crippen LogP contribution in [0, 0.1) is 11.8 Å². The minimum atomic E-state index is -3.78. The van der Waals surface area contributed by atoms with Gasteiger partial charge in [0, 0.05) is 24.3 Å². The summed E-state index contributed by atoms with van der Waals surface area (Å²) in [7, 11) is -1.99. The number of carbonyl (C=O) groups excluding carboxylic acids is 1. The van der Waals surface area contributed by atoms with Crippen LogP contribution in [0.4, 0.5) is 5.69 Å². The van der Waals surface area contributed by atoms with E-state index in [1.165, 1.54) is 17.0 Å². The van der Waals surface area contributed by atoms with Gasteiger partial charge in [0.2, 0.25) is 16.0 Å². The van der Waals surface area contributed by atoms with E-state index < -0.39 is 15.6 Å².